The summed E-state index contributed by atoms with van der Waals surface area (Å²) in [7, 11) is 0. The molecule has 0 saturated heterocycles. The van der Waals surface area contributed by atoms with Crippen molar-refractivity contribution in [2.75, 3.05) is 11.1 Å². The molecular formula is C12H11BrN4O2. The summed E-state index contributed by atoms with van der Waals surface area (Å²) < 4.78 is 1.01. The third-order valence-electron chi connectivity index (χ3n) is 2.53. The van der Waals surface area contributed by atoms with Gasteiger partial charge in [-0.25, -0.2) is 4.98 Å². The van der Waals surface area contributed by atoms with Crippen LogP contribution in [0, 0.1) is 17.0 Å². The second kappa shape index (κ2) is 5.23. The number of aromatic nitrogens is 1. The van der Waals surface area contributed by atoms with Gasteiger partial charge in [-0.1, -0.05) is 15.9 Å². The first-order chi connectivity index (χ1) is 8.97. The zero-order valence-electron chi connectivity index (χ0n) is 10.1. The molecule has 0 aliphatic carbocycles. The Morgan fingerprint density at radius 3 is 2.68 bits per heavy atom. The summed E-state index contributed by atoms with van der Waals surface area (Å²) in [5.41, 5.74) is 7.24. The molecule has 19 heavy (non-hydrogen) atoms. The highest BCUT2D eigenvalue weighted by Gasteiger charge is 2.12. The number of hydrogen-bond acceptors (Lipinski definition) is 5. The van der Waals surface area contributed by atoms with Crippen LogP contribution in [0.3, 0.4) is 0 Å². The molecule has 0 saturated carbocycles. The van der Waals surface area contributed by atoms with E-state index >= 15 is 0 Å². The molecule has 0 aliphatic heterocycles. The third kappa shape index (κ3) is 3.00. The summed E-state index contributed by atoms with van der Waals surface area (Å²) in [6.45, 7) is 1.97. The Hall–Kier alpha value is -2.15. The molecule has 1 heterocycles. The summed E-state index contributed by atoms with van der Waals surface area (Å²) in [4.78, 5) is 14.0. The monoisotopic (exact) mass is 322 g/mol. The first kappa shape index (κ1) is 13.3. The molecule has 1 aromatic carbocycles. The van der Waals surface area contributed by atoms with E-state index < -0.39 is 4.92 Å². The van der Waals surface area contributed by atoms with Crippen LogP contribution in [-0.2, 0) is 0 Å². The van der Waals surface area contributed by atoms with Crippen molar-refractivity contribution in [1.29, 1.82) is 0 Å². The Morgan fingerprint density at radius 2 is 2.11 bits per heavy atom. The Balaban J connectivity index is 2.26. The van der Waals surface area contributed by atoms with E-state index in [-0.39, 0.29) is 11.5 Å². The first-order valence-corrected chi connectivity index (χ1v) is 6.21. The molecule has 0 unspecified atom stereocenters. The summed E-state index contributed by atoms with van der Waals surface area (Å²) in [5.74, 6) is 0.355. The normalized spacial score (nSPS) is 10.2. The van der Waals surface area contributed by atoms with Crippen molar-refractivity contribution in [1.82, 2.24) is 4.98 Å². The van der Waals surface area contributed by atoms with E-state index in [2.05, 4.69) is 26.2 Å². The van der Waals surface area contributed by atoms with Gasteiger partial charge < -0.3 is 11.1 Å². The predicted molar refractivity (Wildman–Crippen MR) is 77.5 cm³/mol. The molecule has 0 aliphatic rings. The van der Waals surface area contributed by atoms with Crippen molar-refractivity contribution in [3.8, 4) is 0 Å². The van der Waals surface area contributed by atoms with Crippen LogP contribution in [0.5, 0.6) is 0 Å². The van der Waals surface area contributed by atoms with E-state index in [1.807, 2.05) is 25.1 Å². The Morgan fingerprint density at radius 1 is 1.37 bits per heavy atom. The minimum absolute atomic E-state index is 0.108. The van der Waals surface area contributed by atoms with E-state index in [4.69, 9.17) is 5.73 Å². The van der Waals surface area contributed by atoms with Crippen LogP contribution in [0.2, 0.25) is 0 Å². The largest absolute Gasteiger partial charge is 0.378 e. The van der Waals surface area contributed by atoms with Crippen LogP contribution in [0.4, 0.5) is 23.0 Å². The molecule has 0 fully saturated rings. The number of pyridine rings is 1. The number of nitro groups is 1. The highest BCUT2D eigenvalue weighted by atomic mass is 79.9. The fourth-order valence-electron chi connectivity index (χ4n) is 1.56. The molecule has 1 aromatic heterocycles. The lowest BCUT2D eigenvalue weighted by Crippen LogP contribution is -2.01. The Labute approximate surface area is 117 Å². The first-order valence-electron chi connectivity index (χ1n) is 5.41. The van der Waals surface area contributed by atoms with Crippen molar-refractivity contribution in [2.24, 2.45) is 0 Å². The minimum atomic E-state index is -0.560. The maximum Gasteiger partial charge on any atom is 0.311 e. The average molecular weight is 323 g/mol. The maximum absolute atomic E-state index is 10.6. The molecule has 2 rings (SSSR count). The van der Waals surface area contributed by atoms with E-state index in [0.29, 0.717) is 5.82 Å². The van der Waals surface area contributed by atoms with E-state index in [0.717, 1.165) is 15.7 Å². The number of nitrogens with two attached hydrogens (primary N) is 1. The molecule has 0 amide bonds. The number of halogens is 1. The molecule has 0 atom stereocenters. The van der Waals surface area contributed by atoms with Gasteiger partial charge >= 0.3 is 5.69 Å². The summed E-state index contributed by atoms with van der Waals surface area (Å²) >= 11 is 3.41. The van der Waals surface area contributed by atoms with Crippen LogP contribution in [-0.4, -0.2) is 9.91 Å². The fourth-order valence-corrected chi connectivity index (χ4v) is 1.81. The number of aryl methyl sites for hydroxylation is 1. The fraction of sp³-hybridized carbons (Fsp3) is 0.0833. The number of nitrogens with one attached hydrogen (secondary N) is 1. The van der Waals surface area contributed by atoms with Crippen molar-refractivity contribution in [2.45, 2.75) is 6.92 Å². The lowest BCUT2D eigenvalue weighted by Gasteiger charge is -2.08. The Kier molecular flexibility index (Phi) is 3.66. The number of hydrogen-bond donors (Lipinski definition) is 2. The van der Waals surface area contributed by atoms with Crippen LogP contribution >= 0.6 is 15.9 Å². The Bertz CT molecular complexity index is 646. The third-order valence-corrected chi connectivity index (χ3v) is 3.42. The van der Waals surface area contributed by atoms with Crippen molar-refractivity contribution in [3.05, 3.63) is 50.5 Å². The van der Waals surface area contributed by atoms with E-state index in [1.54, 1.807) is 0 Å². The summed E-state index contributed by atoms with van der Waals surface area (Å²) in [5, 5.41) is 13.7. The van der Waals surface area contributed by atoms with Gasteiger partial charge in [0, 0.05) is 16.2 Å². The molecule has 98 valence electrons. The predicted octanol–water partition coefficient (Wildman–Crippen LogP) is 3.39. The van der Waals surface area contributed by atoms with Crippen LogP contribution in [0.1, 0.15) is 5.56 Å². The van der Waals surface area contributed by atoms with E-state index in [1.165, 1.54) is 12.1 Å². The van der Waals surface area contributed by atoms with Gasteiger partial charge in [0.1, 0.15) is 5.82 Å². The van der Waals surface area contributed by atoms with Gasteiger partial charge in [0.25, 0.3) is 0 Å². The number of nitrogens with zero attached hydrogens (tertiary/aromatic N) is 2. The standard InChI is InChI=1S/C12H11BrN4O2/c1-7-6-8(2-3-9(7)13)15-11-5-4-10(17(18)19)12(14)16-11/h2-6H,1H3,(H3,14,15,16). The topological polar surface area (TPSA) is 94.1 Å². The number of benzene rings is 1. The van der Waals surface area contributed by atoms with Gasteiger partial charge in [-0.2, -0.15) is 0 Å². The summed E-state index contributed by atoms with van der Waals surface area (Å²) in [6, 6.07) is 8.56. The second-order valence-corrected chi connectivity index (χ2v) is 4.80. The molecule has 7 heteroatoms. The zero-order valence-corrected chi connectivity index (χ0v) is 11.6. The van der Waals surface area contributed by atoms with Gasteiger partial charge in [-0.05, 0) is 36.8 Å². The SMILES string of the molecule is Cc1cc(Nc2ccc([N+](=O)[O-])c(N)n2)ccc1Br. The van der Waals surface area contributed by atoms with Gasteiger partial charge in [0.05, 0.1) is 4.92 Å². The lowest BCUT2D eigenvalue weighted by atomic mass is 10.2. The highest BCUT2D eigenvalue weighted by molar-refractivity contribution is 9.10. The highest BCUT2D eigenvalue weighted by Crippen LogP contribution is 2.25. The molecule has 0 bridgehead atoms. The van der Waals surface area contributed by atoms with Gasteiger partial charge in [0.15, 0.2) is 0 Å². The number of rotatable bonds is 3. The second-order valence-electron chi connectivity index (χ2n) is 3.95. The number of nitrogen functional groups attached to an aromatic ring is 1. The molecule has 0 radical (unpaired) electrons. The van der Waals surface area contributed by atoms with Gasteiger partial charge in [-0.15, -0.1) is 0 Å². The molecule has 3 N–H and O–H groups in total. The van der Waals surface area contributed by atoms with Crippen LogP contribution in [0.15, 0.2) is 34.8 Å². The van der Waals surface area contributed by atoms with Crippen LogP contribution in [0.25, 0.3) is 0 Å². The van der Waals surface area contributed by atoms with Crippen molar-refractivity contribution >= 4 is 38.9 Å². The number of anilines is 3. The van der Waals surface area contributed by atoms with Gasteiger partial charge in [-0.3, -0.25) is 10.1 Å². The molecule has 6 nitrogen and oxygen atoms in total. The zero-order chi connectivity index (χ0) is 14.0. The van der Waals surface area contributed by atoms with Crippen LogP contribution < -0.4 is 11.1 Å². The van der Waals surface area contributed by atoms with Crippen molar-refractivity contribution in [3.63, 3.8) is 0 Å². The van der Waals surface area contributed by atoms with E-state index in [9.17, 15) is 10.1 Å². The lowest BCUT2D eigenvalue weighted by molar-refractivity contribution is -0.384. The van der Waals surface area contributed by atoms with Gasteiger partial charge in [0.2, 0.25) is 5.82 Å². The molecule has 2 aromatic rings. The minimum Gasteiger partial charge on any atom is -0.378 e. The molecule has 0 spiro atoms. The van der Waals surface area contributed by atoms with Crippen molar-refractivity contribution < 1.29 is 4.92 Å². The molecular weight excluding hydrogens is 312 g/mol. The quantitative estimate of drug-likeness (QED) is 0.667. The average Bonchev–Trinajstić information content (AvgIpc) is 2.33. The summed E-state index contributed by atoms with van der Waals surface area (Å²) in [6.07, 6.45) is 0. The maximum atomic E-state index is 10.6. The smallest absolute Gasteiger partial charge is 0.311 e.